The zero-order valence-corrected chi connectivity index (χ0v) is 15.8. The summed E-state index contributed by atoms with van der Waals surface area (Å²) in [4.78, 5) is 4.77. The van der Waals surface area contributed by atoms with Crippen molar-refractivity contribution in [2.75, 3.05) is 7.11 Å². The number of aromatic nitrogens is 2. The van der Waals surface area contributed by atoms with Gasteiger partial charge in [0.25, 0.3) is 0 Å². The molecule has 0 saturated carbocycles. The number of hydrogen-bond donors (Lipinski definition) is 0. The lowest BCUT2D eigenvalue weighted by molar-refractivity contribution is 0.415. The molecule has 0 aliphatic heterocycles. The van der Waals surface area contributed by atoms with E-state index in [0.717, 1.165) is 34.0 Å². The first-order valence-corrected chi connectivity index (χ1v) is 9.01. The van der Waals surface area contributed by atoms with Gasteiger partial charge in [0.15, 0.2) is 0 Å². The summed E-state index contributed by atoms with van der Waals surface area (Å²) in [5.41, 5.74) is 7.86. The molecule has 0 N–H and O–H groups in total. The minimum Gasteiger partial charge on any atom is -0.497 e. The standard InChI is InChI=1S/C24H22N2O/c1-17-4-8-19(9-5-17)23-24(20-10-6-18(2)7-11-20)26(16-25-23)21-12-14-22(27-3)15-13-21/h4-16H,1-3H3. The van der Waals surface area contributed by atoms with Crippen molar-refractivity contribution in [2.45, 2.75) is 13.8 Å². The van der Waals surface area contributed by atoms with Crippen LogP contribution in [0, 0.1) is 13.8 Å². The summed E-state index contributed by atoms with van der Waals surface area (Å²) >= 11 is 0. The molecule has 4 aromatic rings. The first-order valence-electron chi connectivity index (χ1n) is 9.01. The molecule has 3 aromatic carbocycles. The number of nitrogens with zero attached hydrogens (tertiary/aromatic N) is 2. The van der Waals surface area contributed by atoms with E-state index in [9.17, 15) is 0 Å². The number of benzene rings is 3. The van der Waals surface area contributed by atoms with E-state index in [0.29, 0.717) is 0 Å². The van der Waals surface area contributed by atoms with Gasteiger partial charge >= 0.3 is 0 Å². The van der Waals surface area contributed by atoms with Crippen LogP contribution in [0.4, 0.5) is 0 Å². The average Bonchev–Trinajstić information content (AvgIpc) is 3.14. The number of imidazole rings is 1. The van der Waals surface area contributed by atoms with Gasteiger partial charge in [0, 0.05) is 16.8 Å². The Labute approximate surface area is 159 Å². The largest absolute Gasteiger partial charge is 0.497 e. The fourth-order valence-corrected chi connectivity index (χ4v) is 3.20. The number of ether oxygens (including phenoxy) is 1. The van der Waals surface area contributed by atoms with Crippen LogP contribution in [0.5, 0.6) is 5.75 Å². The Hall–Kier alpha value is -3.33. The Morgan fingerprint density at radius 2 is 1.26 bits per heavy atom. The second kappa shape index (κ2) is 7.12. The Morgan fingerprint density at radius 1 is 0.704 bits per heavy atom. The minimum atomic E-state index is 0.842. The van der Waals surface area contributed by atoms with Gasteiger partial charge in [-0.15, -0.1) is 0 Å². The van der Waals surface area contributed by atoms with E-state index in [1.54, 1.807) is 7.11 Å². The third-order valence-electron chi connectivity index (χ3n) is 4.77. The molecule has 0 spiro atoms. The van der Waals surface area contributed by atoms with Gasteiger partial charge in [-0.2, -0.15) is 0 Å². The lowest BCUT2D eigenvalue weighted by atomic mass is 10.0. The van der Waals surface area contributed by atoms with Crippen LogP contribution in [0.2, 0.25) is 0 Å². The molecular formula is C24H22N2O. The molecule has 0 atom stereocenters. The van der Waals surface area contributed by atoms with E-state index in [4.69, 9.17) is 9.72 Å². The first-order chi connectivity index (χ1) is 13.2. The highest BCUT2D eigenvalue weighted by Gasteiger charge is 2.16. The topological polar surface area (TPSA) is 27.1 Å². The normalized spacial score (nSPS) is 10.8. The smallest absolute Gasteiger partial charge is 0.119 e. The fourth-order valence-electron chi connectivity index (χ4n) is 3.20. The van der Waals surface area contributed by atoms with Crippen molar-refractivity contribution in [2.24, 2.45) is 0 Å². The highest BCUT2D eigenvalue weighted by atomic mass is 16.5. The van der Waals surface area contributed by atoms with Gasteiger partial charge in [0.1, 0.15) is 12.1 Å². The van der Waals surface area contributed by atoms with E-state index in [1.165, 1.54) is 11.1 Å². The van der Waals surface area contributed by atoms with Gasteiger partial charge in [0.2, 0.25) is 0 Å². The van der Waals surface area contributed by atoms with Crippen LogP contribution >= 0.6 is 0 Å². The molecule has 3 heteroatoms. The maximum atomic E-state index is 5.29. The van der Waals surface area contributed by atoms with Crippen LogP contribution in [-0.2, 0) is 0 Å². The lowest BCUT2D eigenvalue weighted by Gasteiger charge is -2.12. The third-order valence-corrected chi connectivity index (χ3v) is 4.77. The van der Waals surface area contributed by atoms with Crippen LogP contribution in [-0.4, -0.2) is 16.7 Å². The molecule has 0 radical (unpaired) electrons. The Balaban J connectivity index is 1.90. The third kappa shape index (κ3) is 3.36. The predicted molar refractivity (Wildman–Crippen MR) is 110 cm³/mol. The van der Waals surface area contributed by atoms with E-state index in [1.807, 2.05) is 18.5 Å². The summed E-state index contributed by atoms with van der Waals surface area (Å²) < 4.78 is 7.43. The quantitative estimate of drug-likeness (QED) is 0.461. The van der Waals surface area contributed by atoms with Gasteiger partial charge in [-0.3, -0.25) is 4.57 Å². The predicted octanol–water partition coefficient (Wildman–Crippen LogP) is 5.83. The molecule has 0 aliphatic rings. The zero-order chi connectivity index (χ0) is 18.8. The molecule has 0 amide bonds. The monoisotopic (exact) mass is 354 g/mol. The van der Waals surface area contributed by atoms with Crippen LogP contribution < -0.4 is 4.74 Å². The number of methoxy groups -OCH3 is 1. The summed E-state index contributed by atoms with van der Waals surface area (Å²) in [5, 5.41) is 0. The summed E-state index contributed by atoms with van der Waals surface area (Å²) in [6, 6.07) is 25.2. The van der Waals surface area contributed by atoms with Gasteiger partial charge < -0.3 is 4.74 Å². The van der Waals surface area contributed by atoms with E-state index < -0.39 is 0 Å². The van der Waals surface area contributed by atoms with E-state index in [2.05, 4.69) is 79.1 Å². The maximum absolute atomic E-state index is 5.29. The average molecular weight is 354 g/mol. The van der Waals surface area contributed by atoms with Crippen LogP contribution in [0.15, 0.2) is 79.1 Å². The van der Waals surface area contributed by atoms with Gasteiger partial charge in [0.05, 0.1) is 18.5 Å². The van der Waals surface area contributed by atoms with Crippen molar-refractivity contribution in [3.05, 3.63) is 90.3 Å². The zero-order valence-electron chi connectivity index (χ0n) is 15.8. The number of aryl methyl sites for hydroxylation is 2. The summed E-state index contributed by atoms with van der Waals surface area (Å²) in [6.45, 7) is 4.20. The first kappa shape index (κ1) is 17.1. The second-order valence-electron chi connectivity index (χ2n) is 6.74. The fraction of sp³-hybridized carbons (Fsp3) is 0.125. The van der Waals surface area contributed by atoms with Gasteiger partial charge in [-0.25, -0.2) is 4.98 Å². The molecule has 0 saturated heterocycles. The van der Waals surface area contributed by atoms with Gasteiger partial charge in [-0.05, 0) is 38.1 Å². The second-order valence-corrected chi connectivity index (χ2v) is 6.74. The van der Waals surface area contributed by atoms with Crippen LogP contribution in [0.25, 0.3) is 28.2 Å². The van der Waals surface area contributed by atoms with E-state index in [-0.39, 0.29) is 0 Å². The molecule has 1 heterocycles. The lowest BCUT2D eigenvalue weighted by Crippen LogP contribution is -1.96. The van der Waals surface area contributed by atoms with Crippen molar-refractivity contribution < 1.29 is 4.74 Å². The number of rotatable bonds is 4. The molecule has 3 nitrogen and oxygen atoms in total. The Morgan fingerprint density at radius 3 is 1.81 bits per heavy atom. The van der Waals surface area contributed by atoms with Gasteiger partial charge in [-0.1, -0.05) is 59.7 Å². The van der Waals surface area contributed by atoms with Crippen LogP contribution in [0.3, 0.4) is 0 Å². The molecule has 134 valence electrons. The Kier molecular flexibility index (Phi) is 4.51. The molecular weight excluding hydrogens is 332 g/mol. The van der Waals surface area contributed by atoms with Crippen molar-refractivity contribution in [3.8, 4) is 34.0 Å². The van der Waals surface area contributed by atoms with Crippen molar-refractivity contribution in [3.63, 3.8) is 0 Å². The molecule has 0 fully saturated rings. The molecule has 0 aliphatic carbocycles. The van der Waals surface area contributed by atoms with Crippen molar-refractivity contribution >= 4 is 0 Å². The molecule has 0 unspecified atom stereocenters. The van der Waals surface area contributed by atoms with Crippen LogP contribution in [0.1, 0.15) is 11.1 Å². The molecule has 0 bridgehead atoms. The highest BCUT2D eigenvalue weighted by Crippen LogP contribution is 2.33. The summed E-state index contributed by atoms with van der Waals surface area (Å²) in [6.07, 6.45) is 1.90. The van der Waals surface area contributed by atoms with Crippen molar-refractivity contribution in [1.29, 1.82) is 0 Å². The maximum Gasteiger partial charge on any atom is 0.119 e. The Bertz CT molecular complexity index is 1040. The molecule has 4 rings (SSSR count). The molecule has 27 heavy (non-hydrogen) atoms. The minimum absolute atomic E-state index is 0.842. The van der Waals surface area contributed by atoms with Crippen molar-refractivity contribution in [1.82, 2.24) is 9.55 Å². The number of hydrogen-bond acceptors (Lipinski definition) is 2. The highest BCUT2D eigenvalue weighted by molar-refractivity contribution is 5.80. The molecule has 1 aromatic heterocycles. The van der Waals surface area contributed by atoms with E-state index >= 15 is 0 Å². The SMILES string of the molecule is COc1ccc(-n2cnc(-c3ccc(C)cc3)c2-c2ccc(C)cc2)cc1. The summed E-state index contributed by atoms with van der Waals surface area (Å²) in [7, 11) is 1.68. The summed E-state index contributed by atoms with van der Waals surface area (Å²) in [5.74, 6) is 0.842.